The van der Waals surface area contributed by atoms with E-state index >= 15 is 0 Å². The highest BCUT2D eigenvalue weighted by atomic mass is 16.5. The number of ether oxygens (including phenoxy) is 2. The van der Waals surface area contributed by atoms with Crippen molar-refractivity contribution < 1.29 is 14.3 Å². The zero-order valence-corrected chi connectivity index (χ0v) is 12.3. The number of hydrogen-bond acceptors (Lipinski definition) is 4. The molecule has 0 fully saturated rings. The average molecular weight is 265 g/mol. The topological polar surface area (TPSA) is 47.6 Å². The van der Waals surface area contributed by atoms with Crippen molar-refractivity contribution in [2.45, 2.75) is 45.9 Å². The molecule has 1 aromatic rings. The van der Waals surface area contributed by atoms with Crippen LogP contribution < -0.4 is 10.1 Å². The Morgan fingerprint density at radius 1 is 1.11 bits per heavy atom. The summed E-state index contributed by atoms with van der Waals surface area (Å²) in [6.45, 7) is 7.94. The van der Waals surface area contributed by atoms with Gasteiger partial charge >= 0.3 is 5.97 Å². The first-order valence-corrected chi connectivity index (χ1v) is 6.54. The number of carbonyl (C=O) groups excluding carboxylic acids is 1. The molecule has 0 spiro atoms. The minimum absolute atomic E-state index is 0.135. The van der Waals surface area contributed by atoms with E-state index < -0.39 is 6.04 Å². The van der Waals surface area contributed by atoms with Crippen LogP contribution in [0.5, 0.6) is 5.75 Å². The third kappa shape index (κ3) is 4.91. The predicted octanol–water partition coefficient (Wildman–Crippen LogP) is 2.69. The van der Waals surface area contributed by atoms with Crippen LogP contribution in [0.3, 0.4) is 0 Å². The molecule has 0 aliphatic heterocycles. The van der Waals surface area contributed by atoms with Gasteiger partial charge in [-0.1, -0.05) is 12.1 Å². The van der Waals surface area contributed by atoms with Crippen molar-refractivity contribution in [3.63, 3.8) is 0 Å². The number of rotatable bonds is 6. The van der Waals surface area contributed by atoms with Crippen LogP contribution >= 0.6 is 0 Å². The van der Waals surface area contributed by atoms with Gasteiger partial charge in [0, 0.05) is 6.04 Å². The lowest BCUT2D eigenvalue weighted by Gasteiger charge is -2.20. The summed E-state index contributed by atoms with van der Waals surface area (Å²) in [7, 11) is 1.40. The standard InChI is InChI=1S/C15H23NO3/c1-10(2)16-14(15(17)18-5)12-6-8-13(9-7-12)19-11(3)4/h6-11,14,16H,1-5H3. The van der Waals surface area contributed by atoms with Gasteiger partial charge in [-0.3, -0.25) is 5.32 Å². The minimum atomic E-state index is -0.446. The quantitative estimate of drug-likeness (QED) is 0.803. The van der Waals surface area contributed by atoms with E-state index in [9.17, 15) is 4.79 Å². The van der Waals surface area contributed by atoms with E-state index in [1.54, 1.807) is 0 Å². The lowest BCUT2D eigenvalue weighted by atomic mass is 10.1. The minimum Gasteiger partial charge on any atom is -0.491 e. The second-order valence-electron chi connectivity index (χ2n) is 5.01. The second kappa shape index (κ2) is 7.14. The Balaban J connectivity index is 2.87. The Morgan fingerprint density at radius 2 is 1.68 bits per heavy atom. The number of carbonyl (C=O) groups is 1. The van der Waals surface area contributed by atoms with Crippen LogP contribution in [-0.2, 0) is 9.53 Å². The first kappa shape index (κ1) is 15.5. The van der Waals surface area contributed by atoms with Crippen LogP contribution in [0.4, 0.5) is 0 Å². The maximum absolute atomic E-state index is 11.8. The van der Waals surface area contributed by atoms with Gasteiger partial charge in [0.05, 0.1) is 13.2 Å². The molecule has 4 heteroatoms. The molecule has 0 aliphatic carbocycles. The smallest absolute Gasteiger partial charge is 0.327 e. The van der Waals surface area contributed by atoms with Crippen LogP contribution in [0, 0.1) is 0 Å². The van der Waals surface area contributed by atoms with Crippen LogP contribution in [0.1, 0.15) is 39.3 Å². The molecule has 1 unspecified atom stereocenters. The lowest BCUT2D eigenvalue weighted by molar-refractivity contribution is -0.143. The van der Waals surface area contributed by atoms with Gasteiger partial charge in [-0.25, -0.2) is 4.79 Å². The maximum Gasteiger partial charge on any atom is 0.327 e. The molecule has 0 saturated heterocycles. The van der Waals surface area contributed by atoms with E-state index in [-0.39, 0.29) is 18.1 Å². The fourth-order valence-corrected chi connectivity index (χ4v) is 1.76. The van der Waals surface area contributed by atoms with E-state index in [4.69, 9.17) is 9.47 Å². The van der Waals surface area contributed by atoms with Crippen molar-refractivity contribution >= 4 is 5.97 Å². The van der Waals surface area contributed by atoms with Gasteiger partial charge < -0.3 is 9.47 Å². The van der Waals surface area contributed by atoms with Crippen LogP contribution in [0.25, 0.3) is 0 Å². The molecular weight excluding hydrogens is 242 g/mol. The summed E-state index contributed by atoms with van der Waals surface area (Å²) in [5, 5.41) is 3.19. The number of nitrogens with one attached hydrogen (secondary N) is 1. The fraction of sp³-hybridized carbons (Fsp3) is 0.533. The largest absolute Gasteiger partial charge is 0.491 e. The van der Waals surface area contributed by atoms with Gasteiger partial charge in [0.1, 0.15) is 11.8 Å². The number of hydrogen-bond donors (Lipinski definition) is 1. The van der Waals surface area contributed by atoms with E-state index in [1.165, 1.54) is 7.11 Å². The Hall–Kier alpha value is -1.55. The molecule has 0 aromatic heterocycles. The summed E-state index contributed by atoms with van der Waals surface area (Å²) < 4.78 is 10.4. The zero-order chi connectivity index (χ0) is 14.4. The van der Waals surface area contributed by atoms with Crippen LogP contribution in [-0.4, -0.2) is 25.2 Å². The summed E-state index contributed by atoms with van der Waals surface area (Å²) in [5.74, 6) is 0.512. The summed E-state index contributed by atoms with van der Waals surface area (Å²) in [6, 6.07) is 7.25. The summed E-state index contributed by atoms with van der Waals surface area (Å²) in [5.41, 5.74) is 0.872. The SMILES string of the molecule is COC(=O)C(NC(C)C)c1ccc(OC(C)C)cc1. The molecule has 1 aromatic carbocycles. The molecule has 19 heavy (non-hydrogen) atoms. The van der Waals surface area contributed by atoms with Gasteiger partial charge in [0.25, 0.3) is 0 Å². The van der Waals surface area contributed by atoms with Crippen molar-refractivity contribution in [3.8, 4) is 5.75 Å². The Labute approximate surface area is 115 Å². The molecule has 1 N–H and O–H groups in total. The Kier molecular flexibility index (Phi) is 5.83. The summed E-state index contributed by atoms with van der Waals surface area (Å²) in [4.78, 5) is 11.8. The van der Waals surface area contributed by atoms with E-state index in [0.717, 1.165) is 11.3 Å². The van der Waals surface area contributed by atoms with Gasteiger partial charge in [-0.2, -0.15) is 0 Å². The highest BCUT2D eigenvalue weighted by molar-refractivity contribution is 5.77. The Bertz CT molecular complexity index is 398. The van der Waals surface area contributed by atoms with Crippen molar-refractivity contribution in [1.29, 1.82) is 0 Å². The maximum atomic E-state index is 11.8. The second-order valence-corrected chi connectivity index (χ2v) is 5.01. The predicted molar refractivity (Wildman–Crippen MR) is 75.2 cm³/mol. The highest BCUT2D eigenvalue weighted by Crippen LogP contribution is 2.20. The third-order valence-electron chi connectivity index (χ3n) is 2.52. The molecular formula is C15H23NO3. The molecule has 0 amide bonds. The Morgan fingerprint density at radius 3 is 2.11 bits per heavy atom. The van der Waals surface area contributed by atoms with E-state index in [0.29, 0.717) is 0 Å². The highest BCUT2D eigenvalue weighted by Gasteiger charge is 2.21. The molecule has 1 rings (SSSR count). The number of esters is 1. The zero-order valence-electron chi connectivity index (χ0n) is 12.3. The first-order valence-electron chi connectivity index (χ1n) is 6.54. The summed E-state index contributed by atoms with van der Waals surface area (Å²) >= 11 is 0. The molecule has 1 atom stereocenters. The van der Waals surface area contributed by atoms with Crippen LogP contribution in [0.15, 0.2) is 24.3 Å². The van der Waals surface area contributed by atoms with Crippen molar-refractivity contribution in [2.24, 2.45) is 0 Å². The monoisotopic (exact) mass is 265 g/mol. The normalized spacial score (nSPS) is 12.6. The molecule has 4 nitrogen and oxygen atoms in total. The molecule has 0 aliphatic rings. The number of methoxy groups -OCH3 is 1. The first-order chi connectivity index (χ1) is 8.93. The molecule has 0 bridgehead atoms. The van der Waals surface area contributed by atoms with Crippen molar-refractivity contribution in [2.75, 3.05) is 7.11 Å². The molecule has 0 saturated carbocycles. The van der Waals surface area contributed by atoms with Crippen LogP contribution in [0.2, 0.25) is 0 Å². The third-order valence-corrected chi connectivity index (χ3v) is 2.52. The summed E-state index contributed by atoms with van der Waals surface area (Å²) in [6.07, 6.45) is 0.135. The number of benzene rings is 1. The van der Waals surface area contributed by atoms with Gasteiger partial charge in [0.15, 0.2) is 0 Å². The van der Waals surface area contributed by atoms with Gasteiger partial charge in [0.2, 0.25) is 0 Å². The van der Waals surface area contributed by atoms with Crippen molar-refractivity contribution in [1.82, 2.24) is 5.32 Å². The molecule has 106 valence electrons. The molecule has 0 radical (unpaired) electrons. The average Bonchev–Trinajstić information content (AvgIpc) is 2.35. The van der Waals surface area contributed by atoms with Crippen molar-refractivity contribution in [3.05, 3.63) is 29.8 Å². The fourth-order valence-electron chi connectivity index (χ4n) is 1.76. The van der Waals surface area contributed by atoms with Gasteiger partial charge in [-0.05, 0) is 45.4 Å². The lowest BCUT2D eigenvalue weighted by Crippen LogP contribution is -2.34. The van der Waals surface area contributed by atoms with Gasteiger partial charge in [-0.15, -0.1) is 0 Å². The molecule has 0 heterocycles. The van der Waals surface area contributed by atoms with E-state index in [2.05, 4.69) is 5.32 Å². The van der Waals surface area contributed by atoms with E-state index in [1.807, 2.05) is 52.0 Å².